The molecular weight excluding hydrogens is 710 g/mol. The van der Waals surface area contributed by atoms with E-state index in [0.717, 1.165) is 10.5 Å². The van der Waals surface area contributed by atoms with E-state index in [1.165, 1.54) is 14.2 Å². The molecule has 3 fully saturated rings. The molecule has 13 nitrogen and oxygen atoms in total. The van der Waals surface area contributed by atoms with Crippen LogP contribution in [0.5, 0.6) is 0 Å². The van der Waals surface area contributed by atoms with E-state index in [-0.39, 0.29) is 43.4 Å². The van der Waals surface area contributed by atoms with Gasteiger partial charge >= 0.3 is 5.97 Å². The Hall–Kier alpha value is -2.52. The van der Waals surface area contributed by atoms with Gasteiger partial charge in [0.1, 0.15) is 24.0 Å². The number of nitrogens with zero attached hydrogens (tertiary/aromatic N) is 1. The Bertz CT molecular complexity index is 1410. The number of fused-ring (bicyclic) bond motifs is 3. The van der Waals surface area contributed by atoms with Crippen molar-refractivity contribution in [1.82, 2.24) is 4.90 Å². The number of amides is 1. The van der Waals surface area contributed by atoms with Crippen molar-refractivity contribution < 1.29 is 58.6 Å². The molecule has 3 aliphatic heterocycles. The van der Waals surface area contributed by atoms with E-state index in [9.17, 15) is 39.6 Å². The van der Waals surface area contributed by atoms with E-state index in [1.807, 2.05) is 32.9 Å². The van der Waals surface area contributed by atoms with E-state index in [2.05, 4.69) is 0 Å². The standard InChI is InChI=1S/C42H67NO12/c1-9-29-17-23(2)16-24(3)18-35(52-7)38-36(53-8)20-26(5)42(51,55-38)39(48)40(49)43-15-11-10-12-30(43)41(50)54-37(27(6)32(45)22-33(29)46)25(4)19-28-13-14-31(44)34(47)21-28/h17,19,24,26-32,34-38,44-45,47,51H,9-16,18,20-22H2,1-8H3/b23-17+,25-19+. The molecule has 4 rings (SSSR count). The Labute approximate surface area is 326 Å². The summed E-state index contributed by atoms with van der Waals surface area (Å²) in [5.41, 5.74) is 1.59. The first-order valence-electron chi connectivity index (χ1n) is 20.4. The van der Waals surface area contributed by atoms with Crippen molar-refractivity contribution in [2.75, 3.05) is 20.8 Å². The van der Waals surface area contributed by atoms with Gasteiger partial charge in [-0.1, -0.05) is 45.4 Å². The molecule has 0 aromatic rings. The van der Waals surface area contributed by atoms with Crippen molar-refractivity contribution in [1.29, 1.82) is 0 Å². The first-order chi connectivity index (χ1) is 25.9. The smallest absolute Gasteiger partial charge is 0.329 e. The van der Waals surface area contributed by atoms with Crippen LogP contribution in [-0.4, -0.2) is 124 Å². The molecule has 1 amide bonds. The van der Waals surface area contributed by atoms with E-state index < -0.39 is 90.0 Å². The molecule has 0 aromatic heterocycles. The van der Waals surface area contributed by atoms with Crippen LogP contribution in [-0.2, 0) is 38.1 Å². The minimum absolute atomic E-state index is 0.0285. The third-order valence-corrected chi connectivity index (χ3v) is 12.6. The fourth-order valence-corrected chi connectivity index (χ4v) is 9.16. The lowest BCUT2D eigenvalue weighted by molar-refractivity contribution is -0.302. The molecule has 4 aliphatic rings. The number of carbonyl (C=O) groups excluding carboxylic acids is 4. The van der Waals surface area contributed by atoms with Gasteiger partial charge in [0, 0.05) is 44.9 Å². The van der Waals surface area contributed by atoms with Gasteiger partial charge in [0.15, 0.2) is 0 Å². The number of hydrogen-bond donors (Lipinski definition) is 4. The average Bonchev–Trinajstić information content (AvgIpc) is 3.15. The molecule has 14 unspecified atom stereocenters. The van der Waals surface area contributed by atoms with Crippen LogP contribution in [0.25, 0.3) is 0 Å². The summed E-state index contributed by atoms with van der Waals surface area (Å²) in [6.07, 6.45) is 2.16. The predicted octanol–water partition coefficient (Wildman–Crippen LogP) is 3.82. The quantitative estimate of drug-likeness (QED) is 0.180. The third-order valence-electron chi connectivity index (χ3n) is 12.6. The van der Waals surface area contributed by atoms with E-state index in [4.69, 9.17) is 18.9 Å². The summed E-state index contributed by atoms with van der Waals surface area (Å²) in [6, 6.07) is -1.15. The van der Waals surface area contributed by atoms with E-state index in [0.29, 0.717) is 56.9 Å². The van der Waals surface area contributed by atoms with Crippen molar-refractivity contribution in [2.45, 2.75) is 167 Å². The monoisotopic (exact) mass is 777 g/mol. The predicted molar refractivity (Wildman–Crippen MR) is 203 cm³/mol. The summed E-state index contributed by atoms with van der Waals surface area (Å²) < 4.78 is 24.1. The summed E-state index contributed by atoms with van der Waals surface area (Å²) in [6.45, 7) is 11.1. The summed E-state index contributed by atoms with van der Waals surface area (Å²) in [4.78, 5) is 57.4. The van der Waals surface area contributed by atoms with Crippen molar-refractivity contribution in [2.24, 2.45) is 29.6 Å². The second kappa shape index (κ2) is 19.8. The number of aliphatic hydroxyl groups excluding tert-OH is 3. The van der Waals surface area contributed by atoms with Crippen LogP contribution in [0.3, 0.4) is 0 Å². The number of cyclic esters (lactones) is 1. The number of methoxy groups -OCH3 is 2. The van der Waals surface area contributed by atoms with E-state index in [1.54, 1.807) is 20.8 Å². The minimum Gasteiger partial charge on any atom is -0.456 e. The zero-order valence-corrected chi connectivity index (χ0v) is 34.1. The highest BCUT2D eigenvalue weighted by atomic mass is 16.7. The molecular formula is C42H67NO12. The first kappa shape index (κ1) is 45.2. The Morgan fingerprint density at radius 1 is 0.927 bits per heavy atom. The van der Waals surface area contributed by atoms with Crippen LogP contribution in [0.1, 0.15) is 112 Å². The lowest BCUT2D eigenvalue weighted by atomic mass is 9.81. The maximum absolute atomic E-state index is 14.2. The fraction of sp³-hybridized carbons (Fsp3) is 0.810. The van der Waals surface area contributed by atoms with Gasteiger partial charge in [-0.25, -0.2) is 4.79 Å². The van der Waals surface area contributed by atoms with Crippen molar-refractivity contribution in [3.05, 3.63) is 23.3 Å². The lowest BCUT2D eigenvalue weighted by Crippen LogP contribution is -2.64. The maximum Gasteiger partial charge on any atom is 0.329 e. The number of Topliss-reactive ketones (excluding diaryl/α,β-unsaturated/α-hetero) is 2. The molecule has 55 heavy (non-hydrogen) atoms. The molecule has 1 saturated carbocycles. The van der Waals surface area contributed by atoms with Gasteiger partial charge in [0.25, 0.3) is 11.7 Å². The average molecular weight is 778 g/mol. The van der Waals surface area contributed by atoms with Gasteiger partial charge in [-0.2, -0.15) is 0 Å². The molecule has 2 bridgehead atoms. The van der Waals surface area contributed by atoms with E-state index >= 15 is 0 Å². The molecule has 3 heterocycles. The van der Waals surface area contributed by atoms with Crippen LogP contribution in [0.4, 0.5) is 0 Å². The number of carbonyl (C=O) groups is 4. The Balaban J connectivity index is 1.76. The van der Waals surface area contributed by atoms with Crippen LogP contribution in [0.15, 0.2) is 23.3 Å². The molecule has 312 valence electrons. The molecule has 0 radical (unpaired) electrons. The summed E-state index contributed by atoms with van der Waals surface area (Å²) in [7, 11) is 3.05. The Kier molecular flexibility index (Phi) is 16.2. The highest BCUT2D eigenvalue weighted by Gasteiger charge is 2.56. The fourth-order valence-electron chi connectivity index (χ4n) is 9.16. The number of ketones is 2. The number of ether oxygens (including phenoxy) is 4. The normalized spacial score (nSPS) is 42.1. The minimum atomic E-state index is -2.51. The molecule has 2 saturated heterocycles. The van der Waals surface area contributed by atoms with Gasteiger partial charge in [-0.05, 0) is 95.5 Å². The Morgan fingerprint density at radius 3 is 2.24 bits per heavy atom. The molecule has 1 aliphatic carbocycles. The van der Waals surface area contributed by atoms with Crippen molar-refractivity contribution in [3.63, 3.8) is 0 Å². The van der Waals surface area contributed by atoms with Gasteiger partial charge < -0.3 is 44.3 Å². The summed E-state index contributed by atoms with van der Waals surface area (Å²) in [5, 5.41) is 44.0. The first-order valence-corrected chi connectivity index (χ1v) is 20.4. The number of esters is 1. The van der Waals surface area contributed by atoms with Crippen LogP contribution < -0.4 is 0 Å². The van der Waals surface area contributed by atoms with Gasteiger partial charge in [0.05, 0.1) is 30.5 Å². The highest BCUT2D eigenvalue weighted by Crippen LogP contribution is 2.39. The van der Waals surface area contributed by atoms with Gasteiger partial charge in [0.2, 0.25) is 5.79 Å². The number of allylic oxidation sites excluding steroid dienone is 3. The van der Waals surface area contributed by atoms with Gasteiger partial charge in [-0.3, -0.25) is 14.4 Å². The maximum atomic E-state index is 14.2. The third kappa shape index (κ3) is 10.7. The van der Waals surface area contributed by atoms with Gasteiger partial charge in [-0.15, -0.1) is 0 Å². The number of rotatable bonds is 5. The zero-order chi connectivity index (χ0) is 40.8. The highest BCUT2D eigenvalue weighted by molar-refractivity contribution is 6.39. The number of aliphatic hydroxyl groups is 4. The molecule has 14 atom stereocenters. The zero-order valence-electron chi connectivity index (χ0n) is 34.1. The molecule has 13 heteroatoms. The van der Waals surface area contributed by atoms with Crippen molar-refractivity contribution in [3.8, 4) is 0 Å². The molecule has 4 N–H and O–H groups in total. The number of piperidine rings is 1. The van der Waals surface area contributed by atoms with Crippen molar-refractivity contribution >= 4 is 23.4 Å². The largest absolute Gasteiger partial charge is 0.456 e. The van der Waals surface area contributed by atoms with Crippen LogP contribution in [0.2, 0.25) is 0 Å². The second-order valence-corrected chi connectivity index (χ2v) is 16.9. The lowest BCUT2D eigenvalue weighted by Gasteiger charge is -2.47. The topological polar surface area (TPSA) is 189 Å². The molecule has 0 spiro atoms. The SMILES string of the molecule is CCC1/C=C(\C)CC(C)CC(OC)C2OC(O)(C(=O)C(=O)N3CCCCC3C(=O)OC(/C(C)=C/C3CCC(O)C(O)C3)C(C)C(O)CC1=O)C(C)CC2OC. The van der Waals surface area contributed by atoms with Crippen LogP contribution in [0, 0.1) is 29.6 Å². The number of hydrogen-bond acceptors (Lipinski definition) is 12. The molecule has 0 aromatic carbocycles. The summed E-state index contributed by atoms with van der Waals surface area (Å²) >= 11 is 0. The second-order valence-electron chi connectivity index (χ2n) is 16.9. The Morgan fingerprint density at radius 2 is 1.60 bits per heavy atom. The van der Waals surface area contributed by atoms with Crippen LogP contribution >= 0.6 is 0 Å². The summed E-state index contributed by atoms with van der Waals surface area (Å²) in [5.74, 6) is -7.77.